The highest BCUT2D eigenvalue weighted by molar-refractivity contribution is 9.11. The van der Waals surface area contributed by atoms with Crippen molar-refractivity contribution in [2.24, 2.45) is 5.73 Å². The summed E-state index contributed by atoms with van der Waals surface area (Å²) in [4.78, 5) is 1.31. The van der Waals surface area contributed by atoms with Gasteiger partial charge in [-0.3, -0.25) is 0 Å². The molecule has 0 atom stereocenters. The molecule has 0 aliphatic heterocycles. The first-order valence-corrected chi connectivity index (χ1v) is 6.38. The third-order valence-corrected chi connectivity index (χ3v) is 4.30. The van der Waals surface area contributed by atoms with Crippen LogP contribution in [0.3, 0.4) is 0 Å². The summed E-state index contributed by atoms with van der Waals surface area (Å²) >= 11 is 5.32. The third kappa shape index (κ3) is 2.00. The van der Waals surface area contributed by atoms with Crippen molar-refractivity contribution in [3.8, 4) is 11.1 Å². The van der Waals surface area contributed by atoms with E-state index in [1.165, 1.54) is 21.6 Å². The van der Waals surface area contributed by atoms with Gasteiger partial charge in [-0.15, -0.1) is 11.3 Å². The number of nitrogens with two attached hydrogens (primary N) is 1. The molecule has 0 saturated heterocycles. The number of thiophene rings is 1. The standard InChI is InChI=1S/C12H12BrNS/c1-8-11(9-5-3-2-4-6-9)10(7-14)12(13)15-8/h2-6H,7,14H2,1H3. The zero-order valence-electron chi connectivity index (χ0n) is 8.46. The van der Waals surface area contributed by atoms with Gasteiger partial charge < -0.3 is 5.73 Å². The van der Waals surface area contributed by atoms with E-state index in [1.54, 1.807) is 11.3 Å². The van der Waals surface area contributed by atoms with Gasteiger partial charge in [0.2, 0.25) is 0 Å². The Bertz CT molecular complexity index is 462. The molecule has 2 rings (SSSR count). The van der Waals surface area contributed by atoms with E-state index in [4.69, 9.17) is 5.73 Å². The van der Waals surface area contributed by atoms with Crippen LogP contribution in [0, 0.1) is 6.92 Å². The summed E-state index contributed by atoms with van der Waals surface area (Å²) in [7, 11) is 0. The van der Waals surface area contributed by atoms with Gasteiger partial charge in [0, 0.05) is 17.0 Å². The highest BCUT2D eigenvalue weighted by atomic mass is 79.9. The average Bonchev–Trinajstić information content (AvgIpc) is 2.54. The number of aryl methyl sites for hydroxylation is 1. The highest BCUT2D eigenvalue weighted by Gasteiger charge is 2.13. The molecule has 1 aromatic carbocycles. The van der Waals surface area contributed by atoms with Crippen molar-refractivity contribution in [1.29, 1.82) is 0 Å². The molecule has 15 heavy (non-hydrogen) atoms. The molecule has 1 heterocycles. The molecule has 0 bridgehead atoms. The summed E-state index contributed by atoms with van der Waals surface area (Å²) in [5.74, 6) is 0. The van der Waals surface area contributed by atoms with E-state index in [1.807, 2.05) is 6.07 Å². The Morgan fingerprint density at radius 2 is 1.93 bits per heavy atom. The molecule has 2 aromatic rings. The molecule has 3 heteroatoms. The van der Waals surface area contributed by atoms with E-state index < -0.39 is 0 Å². The second-order valence-electron chi connectivity index (χ2n) is 3.36. The van der Waals surface area contributed by atoms with Crippen LogP contribution in [0.1, 0.15) is 10.4 Å². The quantitative estimate of drug-likeness (QED) is 0.887. The topological polar surface area (TPSA) is 26.0 Å². The van der Waals surface area contributed by atoms with Crippen LogP contribution in [0.15, 0.2) is 34.1 Å². The van der Waals surface area contributed by atoms with Gasteiger partial charge in [-0.05, 0) is 34.0 Å². The molecular weight excluding hydrogens is 270 g/mol. The van der Waals surface area contributed by atoms with E-state index >= 15 is 0 Å². The van der Waals surface area contributed by atoms with Gasteiger partial charge in [0.15, 0.2) is 0 Å². The minimum Gasteiger partial charge on any atom is -0.326 e. The second kappa shape index (κ2) is 4.47. The number of rotatable bonds is 2. The summed E-state index contributed by atoms with van der Waals surface area (Å²) in [5, 5.41) is 0. The van der Waals surface area contributed by atoms with E-state index in [2.05, 4.69) is 47.1 Å². The van der Waals surface area contributed by atoms with Crippen molar-refractivity contribution < 1.29 is 0 Å². The smallest absolute Gasteiger partial charge is 0.0752 e. The molecular formula is C12H12BrNS. The highest BCUT2D eigenvalue weighted by Crippen LogP contribution is 2.38. The first-order valence-electron chi connectivity index (χ1n) is 4.77. The monoisotopic (exact) mass is 281 g/mol. The molecule has 0 aliphatic rings. The summed E-state index contributed by atoms with van der Waals surface area (Å²) in [6.45, 7) is 2.71. The molecule has 0 unspecified atom stereocenters. The van der Waals surface area contributed by atoms with Gasteiger partial charge in [0.1, 0.15) is 0 Å². The van der Waals surface area contributed by atoms with Crippen LogP contribution in [0.25, 0.3) is 11.1 Å². The molecule has 0 aliphatic carbocycles. The lowest BCUT2D eigenvalue weighted by Crippen LogP contribution is -1.97. The van der Waals surface area contributed by atoms with Crippen molar-refractivity contribution in [3.63, 3.8) is 0 Å². The zero-order chi connectivity index (χ0) is 10.8. The molecule has 0 radical (unpaired) electrons. The van der Waals surface area contributed by atoms with Crippen molar-refractivity contribution >= 4 is 27.3 Å². The van der Waals surface area contributed by atoms with Crippen LogP contribution in [0.4, 0.5) is 0 Å². The SMILES string of the molecule is Cc1sc(Br)c(CN)c1-c1ccccc1. The fourth-order valence-electron chi connectivity index (χ4n) is 1.72. The fraction of sp³-hybridized carbons (Fsp3) is 0.167. The van der Waals surface area contributed by atoms with Crippen LogP contribution < -0.4 is 5.73 Å². The van der Waals surface area contributed by atoms with Crippen molar-refractivity contribution in [2.75, 3.05) is 0 Å². The maximum Gasteiger partial charge on any atom is 0.0752 e. The van der Waals surface area contributed by atoms with Crippen molar-refractivity contribution in [2.45, 2.75) is 13.5 Å². The first-order chi connectivity index (χ1) is 7.24. The predicted molar refractivity (Wildman–Crippen MR) is 70.1 cm³/mol. The lowest BCUT2D eigenvalue weighted by atomic mass is 10.0. The molecule has 0 amide bonds. The van der Waals surface area contributed by atoms with Crippen molar-refractivity contribution in [1.82, 2.24) is 0 Å². The normalized spacial score (nSPS) is 10.6. The van der Waals surface area contributed by atoms with Gasteiger partial charge in [0.05, 0.1) is 3.79 Å². The van der Waals surface area contributed by atoms with E-state index in [0.717, 1.165) is 3.79 Å². The van der Waals surface area contributed by atoms with Gasteiger partial charge in [0.25, 0.3) is 0 Å². The lowest BCUT2D eigenvalue weighted by molar-refractivity contribution is 1.08. The minimum atomic E-state index is 0.579. The molecule has 2 N–H and O–H groups in total. The molecule has 0 saturated carbocycles. The number of hydrogen-bond acceptors (Lipinski definition) is 2. The molecule has 1 aromatic heterocycles. The van der Waals surface area contributed by atoms with Crippen molar-refractivity contribution in [3.05, 3.63) is 44.6 Å². The Morgan fingerprint density at radius 3 is 2.53 bits per heavy atom. The van der Waals surface area contributed by atoms with E-state index in [0.29, 0.717) is 6.54 Å². The molecule has 1 nitrogen and oxygen atoms in total. The minimum absolute atomic E-state index is 0.579. The van der Waals surface area contributed by atoms with Crippen LogP contribution in [-0.2, 0) is 6.54 Å². The molecule has 0 fully saturated rings. The van der Waals surface area contributed by atoms with E-state index in [-0.39, 0.29) is 0 Å². The van der Waals surface area contributed by atoms with Gasteiger partial charge in [-0.2, -0.15) is 0 Å². The Labute approximate surface area is 102 Å². The maximum atomic E-state index is 5.78. The summed E-state index contributed by atoms with van der Waals surface area (Å²) < 4.78 is 1.15. The van der Waals surface area contributed by atoms with Crippen LogP contribution in [0.2, 0.25) is 0 Å². The molecule has 78 valence electrons. The number of benzene rings is 1. The number of hydrogen-bond donors (Lipinski definition) is 1. The Kier molecular flexibility index (Phi) is 3.24. The largest absolute Gasteiger partial charge is 0.326 e. The van der Waals surface area contributed by atoms with Gasteiger partial charge in [-0.1, -0.05) is 30.3 Å². The Hall–Kier alpha value is -0.640. The molecule has 0 spiro atoms. The summed E-state index contributed by atoms with van der Waals surface area (Å²) in [6.07, 6.45) is 0. The third-order valence-electron chi connectivity index (χ3n) is 2.40. The van der Waals surface area contributed by atoms with Crippen LogP contribution >= 0.6 is 27.3 Å². The average molecular weight is 282 g/mol. The first kappa shape index (κ1) is 10.9. The number of halogens is 1. The Balaban J connectivity index is 2.62. The lowest BCUT2D eigenvalue weighted by Gasteiger charge is -2.04. The van der Waals surface area contributed by atoms with E-state index in [9.17, 15) is 0 Å². The van der Waals surface area contributed by atoms with Gasteiger partial charge in [-0.25, -0.2) is 0 Å². The second-order valence-corrected chi connectivity index (χ2v) is 5.90. The van der Waals surface area contributed by atoms with Gasteiger partial charge >= 0.3 is 0 Å². The fourth-order valence-corrected chi connectivity index (χ4v) is 3.73. The summed E-state index contributed by atoms with van der Waals surface area (Å²) in [5.41, 5.74) is 9.53. The predicted octanol–water partition coefficient (Wildman–Crippen LogP) is 3.94. The summed E-state index contributed by atoms with van der Waals surface area (Å²) in [6, 6.07) is 10.4. The maximum absolute atomic E-state index is 5.78. The van der Waals surface area contributed by atoms with Crippen LogP contribution in [0.5, 0.6) is 0 Å². The Morgan fingerprint density at radius 1 is 1.27 bits per heavy atom. The zero-order valence-corrected chi connectivity index (χ0v) is 10.9. The van der Waals surface area contributed by atoms with Crippen LogP contribution in [-0.4, -0.2) is 0 Å².